The number of hydrogen-bond donors (Lipinski definition) is 0. The van der Waals surface area contributed by atoms with E-state index in [1.807, 2.05) is 31.3 Å². The number of hydrogen-bond acceptors (Lipinski definition) is 5. The van der Waals surface area contributed by atoms with E-state index < -0.39 is 5.41 Å². The van der Waals surface area contributed by atoms with Crippen LogP contribution in [0.5, 0.6) is 0 Å². The highest BCUT2D eigenvalue weighted by atomic mass is 16.2. The highest BCUT2D eigenvalue weighted by Gasteiger charge is 2.57. The molecule has 2 aliphatic rings. The number of pyridine rings is 1. The molecular formula is C20H18N6O. The maximum Gasteiger partial charge on any atom is 0.249 e. The minimum Gasteiger partial charge on any atom is -0.294 e. The van der Waals surface area contributed by atoms with E-state index in [9.17, 15) is 10.1 Å². The van der Waals surface area contributed by atoms with Gasteiger partial charge in [-0.2, -0.15) is 10.4 Å². The predicted molar refractivity (Wildman–Crippen MR) is 98.7 cm³/mol. The molecule has 7 nitrogen and oxygen atoms in total. The second-order valence-corrected chi connectivity index (χ2v) is 7.36. The third-order valence-corrected chi connectivity index (χ3v) is 5.65. The molecule has 0 N–H and O–H groups in total. The molecule has 0 unspecified atom stereocenters. The normalized spacial score (nSPS) is 22.4. The summed E-state index contributed by atoms with van der Waals surface area (Å²) in [5, 5.41) is 14.1. The number of amides is 1. The average molecular weight is 358 g/mol. The molecule has 3 aromatic heterocycles. The molecule has 7 heteroatoms. The Hall–Kier alpha value is -3.27. The number of anilines is 1. The van der Waals surface area contributed by atoms with Crippen LogP contribution in [0.4, 0.5) is 5.82 Å². The third-order valence-electron chi connectivity index (χ3n) is 5.65. The highest BCUT2D eigenvalue weighted by molar-refractivity contribution is 6.04. The zero-order chi connectivity index (χ0) is 18.6. The molecule has 1 amide bonds. The zero-order valence-electron chi connectivity index (χ0n) is 15.0. The van der Waals surface area contributed by atoms with E-state index in [1.165, 1.54) is 0 Å². The van der Waals surface area contributed by atoms with E-state index in [0.717, 1.165) is 35.3 Å². The fourth-order valence-corrected chi connectivity index (χ4v) is 4.04. The van der Waals surface area contributed by atoms with E-state index in [2.05, 4.69) is 16.2 Å². The number of fused-ring (bicyclic) bond motifs is 1. The van der Waals surface area contributed by atoms with Gasteiger partial charge in [0.05, 0.1) is 24.2 Å². The zero-order valence-corrected chi connectivity index (χ0v) is 15.0. The number of nitriles is 1. The molecule has 27 heavy (non-hydrogen) atoms. The lowest BCUT2D eigenvalue weighted by molar-refractivity contribution is -0.123. The smallest absolute Gasteiger partial charge is 0.249 e. The van der Waals surface area contributed by atoms with Crippen LogP contribution in [0, 0.1) is 29.6 Å². The summed E-state index contributed by atoms with van der Waals surface area (Å²) in [4.78, 5) is 23.9. The Morgan fingerprint density at radius 2 is 2.15 bits per heavy atom. The van der Waals surface area contributed by atoms with Crippen molar-refractivity contribution in [1.82, 2.24) is 19.6 Å². The summed E-state index contributed by atoms with van der Waals surface area (Å²) in [5.74, 6) is 0.639. The molecular weight excluding hydrogens is 340 g/mol. The number of carbonyl (C=O) groups excluding carboxylic acids is 1. The van der Waals surface area contributed by atoms with E-state index in [1.54, 1.807) is 21.8 Å². The lowest BCUT2D eigenvalue weighted by Crippen LogP contribution is -2.36. The Morgan fingerprint density at radius 3 is 2.89 bits per heavy atom. The number of aromatic nitrogens is 4. The van der Waals surface area contributed by atoms with Crippen molar-refractivity contribution in [2.24, 2.45) is 11.3 Å². The summed E-state index contributed by atoms with van der Waals surface area (Å²) in [6.45, 7) is 2.44. The van der Waals surface area contributed by atoms with Crippen molar-refractivity contribution in [3.05, 3.63) is 42.5 Å². The number of nitrogens with zero attached hydrogens (tertiary/aromatic N) is 6. The first kappa shape index (κ1) is 15.9. The van der Waals surface area contributed by atoms with Crippen LogP contribution in [0.1, 0.15) is 25.0 Å². The molecule has 134 valence electrons. The van der Waals surface area contributed by atoms with Gasteiger partial charge in [-0.3, -0.25) is 14.7 Å². The summed E-state index contributed by atoms with van der Waals surface area (Å²) in [5.41, 5.74) is 2.41. The number of rotatable bonds is 3. The molecule has 1 aliphatic heterocycles. The Kier molecular flexibility index (Phi) is 3.31. The van der Waals surface area contributed by atoms with Crippen LogP contribution in [-0.4, -0.2) is 32.0 Å². The summed E-state index contributed by atoms with van der Waals surface area (Å²) >= 11 is 0. The van der Waals surface area contributed by atoms with Crippen LogP contribution in [0.15, 0.2) is 36.8 Å². The number of carbonyl (C=O) groups is 1. The summed E-state index contributed by atoms with van der Waals surface area (Å²) in [7, 11) is 0. The van der Waals surface area contributed by atoms with Gasteiger partial charge in [-0.15, -0.1) is 0 Å². The van der Waals surface area contributed by atoms with Crippen LogP contribution in [-0.2, 0) is 4.79 Å². The number of aryl methyl sites for hydroxylation is 1. The van der Waals surface area contributed by atoms with Gasteiger partial charge < -0.3 is 0 Å². The SMILES string of the molecule is Cc1cc(-c2cn3nccc3c(N3CC[C@@](C#N)(C4CC4)C3=O)n2)ccn1. The van der Waals surface area contributed by atoms with Crippen LogP contribution in [0.2, 0.25) is 0 Å². The van der Waals surface area contributed by atoms with Gasteiger partial charge in [-0.1, -0.05) is 0 Å². The predicted octanol–water partition coefficient (Wildman–Crippen LogP) is 2.76. The Balaban J connectivity index is 1.64. The second kappa shape index (κ2) is 5.61. The monoisotopic (exact) mass is 358 g/mol. The summed E-state index contributed by atoms with van der Waals surface area (Å²) < 4.78 is 1.74. The Labute approximate surface area is 156 Å². The molecule has 2 fully saturated rings. The average Bonchev–Trinajstić information content (AvgIpc) is 3.32. The fourth-order valence-electron chi connectivity index (χ4n) is 4.04. The molecule has 3 aromatic rings. The first-order chi connectivity index (χ1) is 13.1. The largest absolute Gasteiger partial charge is 0.294 e. The molecule has 1 atom stereocenters. The first-order valence-corrected chi connectivity index (χ1v) is 9.13. The minimum absolute atomic E-state index is 0.119. The van der Waals surface area contributed by atoms with Crippen molar-refractivity contribution in [2.45, 2.75) is 26.2 Å². The molecule has 0 bridgehead atoms. The molecule has 5 rings (SSSR count). The highest BCUT2D eigenvalue weighted by Crippen LogP contribution is 2.52. The maximum absolute atomic E-state index is 13.2. The van der Waals surface area contributed by atoms with Gasteiger partial charge in [0.15, 0.2) is 5.82 Å². The van der Waals surface area contributed by atoms with Crippen molar-refractivity contribution in [2.75, 3.05) is 11.4 Å². The molecule has 4 heterocycles. The van der Waals surface area contributed by atoms with Crippen molar-refractivity contribution in [1.29, 1.82) is 5.26 Å². The van der Waals surface area contributed by atoms with Crippen molar-refractivity contribution in [3.8, 4) is 17.3 Å². The standard InChI is InChI=1S/C20H18N6O/c1-13-10-14(4-7-22-13)16-11-26-17(5-8-23-26)18(24-16)25-9-6-20(12-21,19(25)27)15-2-3-15/h4-5,7-8,10-11,15H,2-3,6,9H2,1H3/t20-/m1/s1. The third kappa shape index (κ3) is 2.33. The van der Waals surface area contributed by atoms with Crippen molar-refractivity contribution < 1.29 is 4.79 Å². The lowest BCUT2D eigenvalue weighted by atomic mass is 9.83. The van der Waals surface area contributed by atoms with E-state index in [-0.39, 0.29) is 11.8 Å². The fraction of sp³-hybridized carbons (Fsp3) is 0.350. The lowest BCUT2D eigenvalue weighted by Gasteiger charge is -2.21. The minimum atomic E-state index is -0.887. The van der Waals surface area contributed by atoms with Crippen LogP contribution >= 0.6 is 0 Å². The first-order valence-electron chi connectivity index (χ1n) is 9.13. The molecule has 0 aromatic carbocycles. The quantitative estimate of drug-likeness (QED) is 0.718. The summed E-state index contributed by atoms with van der Waals surface area (Å²) in [6.07, 6.45) is 7.77. The second-order valence-electron chi connectivity index (χ2n) is 7.36. The van der Waals surface area contributed by atoms with Gasteiger partial charge in [-0.25, -0.2) is 9.50 Å². The molecule has 1 aliphatic carbocycles. The topological polar surface area (TPSA) is 87.2 Å². The van der Waals surface area contributed by atoms with Crippen LogP contribution < -0.4 is 4.90 Å². The van der Waals surface area contributed by atoms with E-state index in [4.69, 9.17) is 4.98 Å². The molecule has 1 saturated carbocycles. The van der Waals surface area contributed by atoms with Gasteiger partial charge >= 0.3 is 0 Å². The van der Waals surface area contributed by atoms with Gasteiger partial charge in [0.2, 0.25) is 5.91 Å². The van der Waals surface area contributed by atoms with Gasteiger partial charge in [-0.05, 0) is 50.3 Å². The van der Waals surface area contributed by atoms with Crippen LogP contribution in [0.25, 0.3) is 16.8 Å². The van der Waals surface area contributed by atoms with E-state index in [0.29, 0.717) is 18.8 Å². The van der Waals surface area contributed by atoms with Crippen molar-refractivity contribution in [3.63, 3.8) is 0 Å². The van der Waals surface area contributed by atoms with Gasteiger partial charge in [0, 0.05) is 24.0 Å². The van der Waals surface area contributed by atoms with E-state index >= 15 is 0 Å². The van der Waals surface area contributed by atoms with Gasteiger partial charge in [0.25, 0.3) is 0 Å². The van der Waals surface area contributed by atoms with Crippen molar-refractivity contribution >= 4 is 17.2 Å². The Bertz CT molecular complexity index is 1110. The summed E-state index contributed by atoms with van der Waals surface area (Å²) in [6, 6.07) is 8.03. The molecule has 1 saturated heterocycles. The van der Waals surface area contributed by atoms with Crippen LogP contribution in [0.3, 0.4) is 0 Å². The molecule has 0 spiro atoms. The molecule has 0 radical (unpaired) electrons. The van der Waals surface area contributed by atoms with Gasteiger partial charge in [0.1, 0.15) is 10.9 Å². The Morgan fingerprint density at radius 1 is 1.30 bits per heavy atom. The maximum atomic E-state index is 13.2.